The maximum absolute atomic E-state index is 2.57. The van der Waals surface area contributed by atoms with Crippen LogP contribution in [0.15, 0.2) is 224 Å². The van der Waals surface area contributed by atoms with E-state index < -0.39 is 0 Å². The molecule has 0 bridgehead atoms. The van der Waals surface area contributed by atoms with Crippen molar-refractivity contribution < 1.29 is 0 Å². The van der Waals surface area contributed by atoms with E-state index in [1.807, 2.05) is 0 Å². The molecule has 0 radical (unpaired) electrons. The van der Waals surface area contributed by atoms with Crippen LogP contribution in [-0.2, 0) is 12.8 Å². The lowest BCUT2D eigenvalue weighted by Crippen LogP contribution is -2.61. The Hall–Kier alpha value is -8.14. The lowest BCUT2D eigenvalue weighted by atomic mass is 9.30. The van der Waals surface area contributed by atoms with Crippen molar-refractivity contribution in [2.75, 3.05) is 0 Å². The molecule has 0 saturated heterocycles. The monoisotopic (exact) mass is 824 g/mol. The van der Waals surface area contributed by atoms with Crippen LogP contribution in [0.3, 0.4) is 0 Å². The summed E-state index contributed by atoms with van der Waals surface area (Å²) in [4.78, 5) is 0. The Morgan fingerprint density at radius 3 is 1.18 bits per heavy atom. The average molecular weight is 825 g/mol. The molecule has 2 aliphatic rings. The first-order valence-electron chi connectivity index (χ1n) is 22.9. The van der Waals surface area contributed by atoms with E-state index in [4.69, 9.17) is 0 Å². The first kappa shape index (κ1) is 36.4. The molecule has 12 aromatic rings. The summed E-state index contributed by atoms with van der Waals surface area (Å²) in [6.45, 7) is 0.237. The second-order valence-corrected chi connectivity index (χ2v) is 18.0. The van der Waals surface area contributed by atoms with Crippen molar-refractivity contribution in [3.8, 4) is 44.8 Å². The van der Waals surface area contributed by atoms with E-state index in [9.17, 15) is 0 Å². The highest BCUT2D eigenvalue weighted by Gasteiger charge is 2.37. The van der Waals surface area contributed by atoms with Gasteiger partial charge in [-0.25, -0.2) is 0 Å². The molecule has 2 nitrogen and oxygen atoms in total. The molecule has 14 rings (SSSR count). The second-order valence-electron chi connectivity index (χ2n) is 18.0. The summed E-state index contributed by atoms with van der Waals surface area (Å²) >= 11 is 0. The van der Waals surface area contributed by atoms with Crippen molar-refractivity contribution >= 4 is 66.7 Å². The fraction of sp³-hybridized carbons (Fsp3) is 0.0323. The van der Waals surface area contributed by atoms with E-state index >= 15 is 0 Å². The predicted octanol–water partition coefficient (Wildman–Crippen LogP) is 13.2. The summed E-state index contributed by atoms with van der Waals surface area (Å²) in [6.07, 6.45) is 1.85. The van der Waals surface area contributed by atoms with Gasteiger partial charge < -0.3 is 9.13 Å². The number of fused-ring (bicyclic) bond motifs is 10. The number of hydrogen-bond acceptors (Lipinski definition) is 0. The van der Waals surface area contributed by atoms with Crippen LogP contribution < -0.4 is 16.4 Å². The Bertz CT molecular complexity index is 3610. The third-order valence-electron chi connectivity index (χ3n) is 14.5. The highest BCUT2D eigenvalue weighted by atomic mass is 15.0. The zero-order valence-electron chi connectivity index (χ0n) is 35.7. The average Bonchev–Trinajstić information content (AvgIpc) is 3.88. The summed E-state index contributed by atoms with van der Waals surface area (Å²) in [5, 5.41) is 5.10. The number of nitrogens with zero attached hydrogens (tertiary/aromatic N) is 2. The minimum absolute atomic E-state index is 0.237. The van der Waals surface area contributed by atoms with Gasteiger partial charge in [0.15, 0.2) is 0 Å². The molecule has 0 fully saturated rings. The number of benzene rings is 10. The van der Waals surface area contributed by atoms with E-state index in [2.05, 4.69) is 234 Å². The summed E-state index contributed by atoms with van der Waals surface area (Å²) in [5.41, 5.74) is 24.7. The molecule has 0 aliphatic carbocycles. The lowest BCUT2D eigenvalue weighted by Gasteiger charge is -2.34. The van der Waals surface area contributed by atoms with Crippen LogP contribution in [0.5, 0.6) is 0 Å². The molecule has 4 heterocycles. The van der Waals surface area contributed by atoms with E-state index in [0.717, 1.165) is 24.2 Å². The van der Waals surface area contributed by atoms with Crippen LogP contribution in [0.2, 0.25) is 0 Å². The standard InChI is InChI=1S/C62H41BN2/c1-3-15-40(16-4-1)42-27-31-49(32-28-42)64-55-25-13-9-21-51(55)60-57(64)39-58-61(52-22-10-14-26-56(52)65(58)50-33-29-43(30-34-50)41-17-5-2-6-18-41)59(60)46-37-47-35-44-19-7-11-23-53(44)63-54-24-12-8-20-45(54)36-48(38-46)62(47)63/h1-34,37-39H,35-36H2. The zero-order valence-corrected chi connectivity index (χ0v) is 35.7. The maximum atomic E-state index is 2.57. The Kier molecular flexibility index (Phi) is 7.94. The van der Waals surface area contributed by atoms with Crippen molar-refractivity contribution in [1.29, 1.82) is 0 Å². The van der Waals surface area contributed by atoms with Crippen LogP contribution in [0.1, 0.15) is 22.3 Å². The highest BCUT2D eigenvalue weighted by molar-refractivity contribution is 6.97. The summed E-state index contributed by atoms with van der Waals surface area (Å²) in [5.74, 6) is 0. The van der Waals surface area contributed by atoms with Gasteiger partial charge in [0.1, 0.15) is 0 Å². The quantitative estimate of drug-likeness (QED) is 0.153. The Morgan fingerprint density at radius 1 is 0.308 bits per heavy atom. The lowest BCUT2D eigenvalue weighted by molar-refractivity contribution is 1.15. The van der Waals surface area contributed by atoms with Crippen molar-refractivity contribution in [2.45, 2.75) is 12.8 Å². The molecular formula is C62H41BN2. The number of hydrogen-bond donors (Lipinski definition) is 0. The summed E-state index contributed by atoms with van der Waals surface area (Å²) in [6, 6.07) is 83.7. The molecule has 2 aliphatic heterocycles. The van der Waals surface area contributed by atoms with E-state index in [1.54, 1.807) is 0 Å². The first-order valence-corrected chi connectivity index (χ1v) is 22.9. The van der Waals surface area contributed by atoms with Gasteiger partial charge in [-0.3, -0.25) is 0 Å². The molecule has 0 unspecified atom stereocenters. The largest absolute Gasteiger partial charge is 0.309 e. The van der Waals surface area contributed by atoms with Gasteiger partial charge in [-0.15, -0.1) is 0 Å². The normalized spacial score (nSPS) is 12.8. The van der Waals surface area contributed by atoms with Crippen LogP contribution in [0.4, 0.5) is 0 Å². The summed E-state index contributed by atoms with van der Waals surface area (Å²) in [7, 11) is 0. The molecule has 0 amide bonds. The number of rotatable bonds is 5. The smallest absolute Gasteiger partial charge is 0.242 e. The molecule has 65 heavy (non-hydrogen) atoms. The minimum Gasteiger partial charge on any atom is -0.309 e. The van der Waals surface area contributed by atoms with Crippen molar-refractivity contribution in [3.63, 3.8) is 0 Å². The first-order chi connectivity index (χ1) is 32.2. The van der Waals surface area contributed by atoms with Crippen molar-refractivity contribution in [3.05, 3.63) is 247 Å². The maximum Gasteiger partial charge on any atom is 0.242 e. The Morgan fingerprint density at radius 2 is 0.708 bits per heavy atom. The highest BCUT2D eigenvalue weighted by Crippen LogP contribution is 2.48. The molecule has 0 saturated carbocycles. The third kappa shape index (κ3) is 5.49. The van der Waals surface area contributed by atoms with Crippen LogP contribution in [-0.4, -0.2) is 15.8 Å². The van der Waals surface area contributed by atoms with Gasteiger partial charge in [0.2, 0.25) is 6.71 Å². The molecule has 3 heteroatoms. The zero-order chi connectivity index (χ0) is 42.6. The van der Waals surface area contributed by atoms with Gasteiger partial charge in [0.05, 0.1) is 22.1 Å². The molecule has 302 valence electrons. The molecule has 0 spiro atoms. The summed E-state index contributed by atoms with van der Waals surface area (Å²) < 4.78 is 5.02. The van der Waals surface area contributed by atoms with E-state index in [1.165, 1.54) is 116 Å². The van der Waals surface area contributed by atoms with Gasteiger partial charge in [-0.05, 0) is 105 Å². The van der Waals surface area contributed by atoms with Crippen molar-refractivity contribution in [2.24, 2.45) is 0 Å². The minimum atomic E-state index is 0.237. The fourth-order valence-electron chi connectivity index (χ4n) is 11.7. The number of aromatic nitrogens is 2. The van der Waals surface area contributed by atoms with E-state index in [-0.39, 0.29) is 6.71 Å². The topological polar surface area (TPSA) is 9.86 Å². The SMILES string of the molecule is c1ccc(-c2ccc(-n3c4ccccc4c4c(-c5cc6c7c(c5)Cc5ccccc5B7c5ccccc5C6)c5c6ccccc6n(-c6ccc(-c7ccccc7)cc6)c5cc43)cc2)cc1. The van der Waals surface area contributed by atoms with Crippen LogP contribution in [0.25, 0.3) is 88.4 Å². The van der Waals surface area contributed by atoms with Gasteiger partial charge in [-0.1, -0.05) is 198 Å². The Labute approximate surface area is 378 Å². The molecule has 2 aromatic heterocycles. The predicted molar refractivity (Wildman–Crippen MR) is 275 cm³/mol. The van der Waals surface area contributed by atoms with Crippen molar-refractivity contribution in [1.82, 2.24) is 9.13 Å². The Balaban J connectivity index is 1.10. The molecule has 0 atom stereocenters. The van der Waals surface area contributed by atoms with Gasteiger partial charge in [-0.2, -0.15) is 0 Å². The van der Waals surface area contributed by atoms with Gasteiger partial charge >= 0.3 is 0 Å². The fourth-order valence-corrected chi connectivity index (χ4v) is 11.7. The molecule has 10 aromatic carbocycles. The second kappa shape index (κ2) is 14.2. The van der Waals surface area contributed by atoms with Crippen LogP contribution in [0, 0.1) is 0 Å². The molecular weight excluding hydrogens is 784 g/mol. The third-order valence-corrected chi connectivity index (χ3v) is 14.5. The van der Waals surface area contributed by atoms with Gasteiger partial charge in [0, 0.05) is 38.5 Å². The number of para-hydroxylation sites is 2. The van der Waals surface area contributed by atoms with Gasteiger partial charge in [0.25, 0.3) is 0 Å². The van der Waals surface area contributed by atoms with E-state index in [0.29, 0.717) is 0 Å². The molecule has 0 N–H and O–H groups in total. The van der Waals surface area contributed by atoms with Crippen LogP contribution >= 0.6 is 0 Å².